The van der Waals surface area contributed by atoms with Crippen LogP contribution in [-0.2, 0) is 9.53 Å². The van der Waals surface area contributed by atoms with Crippen molar-refractivity contribution in [3.63, 3.8) is 0 Å². The van der Waals surface area contributed by atoms with E-state index in [9.17, 15) is 4.79 Å². The van der Waals surface area contributed by atoms with Gasteiger partial charge in [-0.25, -0.2) is 0 Å². The Kier molecular flexibility index (Phi) is 4.13. The van der Waals surface area contributed by atoms with Gasteiger partial charge in [0.2, 0.25) is 0 Å². The fourth-order valence-corrected chi connectivity index (χ4v) is 1.80. The minimum absolute atomic E-state index is 0.187. The first-order valence-corrected chi connectivity index (χ1v) is 6.10. The van der Waals surface area contributed by atoms with Gasteiger partial charge in [0.15, 0.2) is 6.10 Å². The lowest BCUT2D eigenvalue weighted by molar-refractivity contribution is -0.147. The molecule has 0 aliphatic heterocycles. The molecule has 92 valence electrons. The number of hydrogen-bond acceptors (Lipinski definition) is 2. The van der Waals surface area contributed by atoms with Crippen molar-refractivity contribution >= 4 is 5.97 Å². The van der Waals surface area contributed by atoms with Crippen LogP contribution in [0.5, 0.6) is 0 Å². The lowest BCUT2D eigenvalue weighted by atomic mass is 10.0. The molecule has 0 N–H and O–H groups in total. The summed E-state index contributed by atoms with van der Waals surface area (Å²) in [5.41, 5.74) is 1.98. The quantitative estimate of drug-likeness (QED) is 0.761. The van der Waals surface area contributed by atoms with Crippen molar-refractivity contribution in [1.29, 1.82) is 0 Å². The predicted octanol–water partition coefficient (Wildman–Crippen LogP) is 3.73. The summed E-state index contributed by atoms with van der Waals surface area (Å²) in [6.45, 7) is 1.80. The third-order valence-electron chi connectivity index (χ3n) is 2.74. The smallest absolute Gasteiger partial charge is 0.306 e. The monoisotopic (exact) mass is 240 g/mol. The number of carbonyl (C=O) groups excluding carboxylic acids is 1. The molecule has 2 aromatic rings. The number of esters is 1. The molecule has 0 amide bonds. The van der Waals surface area contributed by atoms with Crippen molar-refractivity contribution in [2.45, 2.75) is 19.4 Å². The SMILES string of the molecule is CCC(=O)OC(c1ccccc1)c1ccccc1. The minimum atomic E-state index is -0.320. The van der Waals surface area contributed by atoms with Gasteiger partial charge in [-0.3, -0.25) is 4.79 Å². The van der Waals surface area contributed by atoms with Gasteiger partial charge in [-0.1, -0.05) is 67.6 Å². The van der Waals surface area contributed by atoms with E-state index >= 15 is 0 Å². The minimum Gasteiger partial charge on any atom is -0.453 e. The Morgan fingerprint density at radius 1 is 0.944 bits per heavy atom. The van der Waals surface area contributed by atoms with Crippen molar-refractivity contribution in [2.75, 3.05) is 0 Å². The first kappa shape index (κ1) is 12.4. The highest BCUT2D eigenvalue weighted by molar-refractivity contribution is 5.69. The van der Waals surface area contributed by atoms with Crippen LogP contribution in [0.15, 0.2) is 60.7 Å². The largest absolute Gasteiger partial charge is 0.453 e. The molecule has 0 aliphatic rings. The van der Waals surface area contributed by atoms with Crippen molar-refractivity contribution in [3.8, 4) is 0 Å². The Labute approximate surface area is 107 Å². The number of hydrogen-bond donors (Lipinski definition) is 0. The summed E-state index contributed by atoms with van der Waals surface area (Å²) in [6.07, 6.45) is 0.0655. The number of ether oxygens (including phenoxy) is 1. The summed E-state index contributed by atoms with van der Waals surface area (Å²) < 4.78 is 5.53. The van der Waals surface area contributed by atoms with E-state index in [1.165, 1.54) is 0 Å². The second-order valence-corrected chi connectivity index (χ2v) is 4.04. The van der Waals surface area contributed by atoms with Crippen molar-refractivity contribution in [2.24, 2.45) is 0 Å². The average Bonchev–Trinajstić information content (AvgIpc) is 2.46. The van der Waals surface area contributed by atoms with Crippen LogP contribution in [0.25, 0.3) is 0 Å². The molecule has 0 saturated heterocycles. The Balaban J connectivity index is 2.32. The van der Waals surface area contributed by atoms with Gasteiger partial charge in [0.25, 0.3) is 0 Å². The van der Waals surface area contributed by atoms with Crippen LogP contribution < -0.4 is 0 Å². The van der Waals surface area contributed by atoms with Crippen molar-refractivity contribution in [3.05, 3.63) is 71.8 Å². The van der Waals surface area contributed by atoms with Crippen LogP contribution in [-0.4, -0.2) is 5.97 Å². The Morgan fingerprint density at radius 3 is 1.78 bits per heavy atom. The van der Waals surface area contributed by atoms with Gasteiger partial charge >= 0.3 is 5.97 Å². The third-order valence-corrected chi connectivity index (χ3v) is 2.74. The lowest BCUT2D eigenvalue weighted by Crippen LogP contribution is -2.11. The fraction of sp³-hybridized carbons (Fsp3) is 0.188. The zero-order valence-electron chi connectivity index (χ0n) is 10.4. The molecule has 0 unspecified atom stereocenters. The molecule has 0 aromatic heterocycles. The van der Waals surface area contributed by atoms with Gasteiger partial charge < -0.3 is 4.74 Å². The van der Waals surface area contributed by atoms with E-state index in [0.717, 1.165) is 11.1 Å². The van der Waals surface area contributed by atoms with Crippen molar-refractivity contribution in [1.82, 2.24) is 0 Å². The Morgan fingerprint density at radius 2 is 1.39 bits per heavy atom. The predicted molar refractivity (Wildman–Crippen MR) is 71.1 cm³/mol. The maximum absolute atomic E-state index is 11.5. The Hall–Kier alpha value is -2.09. The molecule has 0 radical (unpaired) electrons. The highest BCUT2D eigenvalue weighted by atomic mass is 16.5. The van der Waals surface area contributed by atoms with E-state index in [2.05, 4.69) is 0 Å². The third kappa shape index (κ3) is 2.98. The summed E-state index contributed by atoms with van der Waals surface area (Å²) in [7, 11) is 0. The standard InChI is InChI=1S/C16H16O2/c1-2-15(17)18-16(13-9-5-3-6-10-13)14-11-7-4-8-12-14/h3-12,16H,2H2,1H3. The maximum Gasteiger partial charge on any atom is 0.306 e. The molecule has 0 fully saturated rings. The first-order chi connectivity index (χ1) is 8.81. The van der Waals surface area contributed by atoms with Gasteiger partial charge in [0.05, 0.1) is 0 Å². The van der Waals surface area contributed by atoms with Crippen LogP contribution in [0.1, 0.15) is 30.6 Å². The summed E-state index contributed by atoms with van der Waals surface area (Å²) in [6, 6.07) is 19.6. The van der Waals surface area contributed by atoms with Crippen LogP contribution in [0.4, 0.5) is 0 Å². The topological polar surface area (TPSA) is 26.3 Å². The summed E-state index contributed by atoms with van der Waals surface area (Å²) in [5, 5.41) is 0. The number of rotatable bonds is 4. The van der Waals surface area contributed by atoms with Crippen molar-refractivity contribution < 1.29 is 9.53 Å². The van der Waals surface area contributed by atoms with Crippen LogP contribution in [0, 0.1) is 0 Å². The molecular weight excluding hydrogens is 224 g/mol. The molecule has 2 heteroatoms. The van der Waals surface area contributed by atoms with Crippen LogP contribution >= 0.6 is 0 Å². The summed E-state index contributed by atoms with van der Waals surface area (Å²) in [4.78, 5) is 11.5. The zero-order chi connectivity index (χ0) is 12.8. The molecule has 2 aromatic carbocycles. The normalized spacial score (nSPS) is 10.3. The zero-order valence-corrected chi connectivity index (χ0v) is 10.4. The molecule has 0 atom stereocenters. The lowest BCUT2D eigenvalue weighted by Gasteiger charge is -2.18. The summed E-state index contributed by atoms with van der Waals surface area (Å²) >= 11 is 0. The highest BCUT2D eigenvalue weighted by Gasteiger charge is 2.17. The second-order valence-electron chi connectivity index (χ2n) is 4.04. The second kappa shape index (κ2) is 6.01. The van der Waals surface area contributed by atoms with Gasteiger partial charge in [-0.15, -0.1) is 0 Å². The van der Waals surface area contributed by atoms with E-state index in [4.69, 9.17) is 4.74 Å². The van der Waals surface area contributed by atoms with E-state index < -0.39 is 0 Å². The van der Waals surface area contributed by atoms with E-state index in [0.29, 0.717) is 6.42 Å². The van der Waals surface area contributed by atoms with E-state index in [1.54, 1.807) is 6.92 Å². The van der Waals surface area contributed by atoms with Gasteiger partial charge in [0.1, 0.15) is 0 Å². The van der Waals surface area contributed by atoms with E-state index in [-0.39, 0.29) is 12.1 Å². The molecule has 0 bridgehead atoms. The van der Waals surface area contributed by atoms with Gasteiger partial charge in [-0.2, -0.15) is 0 Å². The average molecular weight is 240 g/mol. The molecule has 2 nitrogen and oxygen atoms in total. The fourth-order valence-electron chi connectivity index (χ4n) is 1.80. The van der Waals surface area contributed by atoms with E-state index in [1.807, 2.05) is 60.7 Å². The van der Waals surface area contributed by atoms with Gasteiger partial charge in [0, 0.05) is 6.42 Å². The van der Waals surface area contributed by atoms with Crippen LogP contribution in [0.2, 0.25) is 0 Å². The maximum atomic E-state index is 11.5. The molecule has 18 heavy (non-hydrogen) atoms. The number of carbonyl (C=O) groups is 1. The molecular formula is C16H16O2. The number of benzene rings is 2. The van der Waals surface area contributed by atoms with Crippen LogP contribution in [0.3, 0.4) is 0 Å². The molecule has 0 heterocycles. The molecule has 0 aliphatic carbocycles. The first-order valence-electron chi connectivity index (χ1n) is 6.10. The highest BCUT2D eigenvalue weighted by Crippen LogP contribution is 2.26. The summed E-state index contributed by atoms with van der Waals surface area (Å²) in [5.74, 6) is -0.187. The molecule has 0 spiro atoms. The molecule has 2 rings (SSSR count). The Bertz CT molecular complexity index is 452. The molecule has 0 saturated carbocycles. The van der Waals surface area contributed by atoms with Gasteiger partial charge in [-0.05, 0) is 11.1 Å².